The molecule has 3 unspecified atom stereocenters. The normalized spacial score (nSPS) is 30.3. The molecular formula is C13H20N4O2. The highest BCUT2D eigenvalue weighted by Gasteiger charge is 2.31. The maximum atomic E-state index is 12.0. The number of nitrogens with zero attached hydrogens (tertiary/aromatic N) is 2. The number of nitriles is 1. The van der Waals surface area contributed by atoms with Gasteiger partial charge in [0.05, 0.1) is 12.6 Å². The maximum Gasteiger partial charge on any atom is 0.237 e. The van der Waals surface area contributed by atoms with Gasteiger partial charge in [0.2, 0.25) is 11.8 Å². The van der Waals surface area contributed by atoms with Crippen molar-refractivity contribution in [2.45, 2.75) is 44.2 Å². The van der Waals surface area contributed by atoms with Crippen LogP contribution in [-0.4, -0.2) is 41.9 Å². The Morgan fingerprint density at radius 3 is 2.79 bits per heavy atom. The van der Waals surface area contributed by atoms with E-state index in [-0.39, 0.29) is 36.4 Å². The lowest BCUT2D eigenvalue weighted by Crippen LogP contribution is -2.43. The summed E-state index contributed by atoms with van der Waals surface area (Å²) in [6, 6.07) is 2.08. The van der Waals surface area contributed by atoms with Crippen LogP contribution in [0.25, 0.3) is 0 Å². The topological polar surface area (TPSA) is 99.2 Å². The lowest BCUT2D eigenvalue weighted by atomic mass is 10.1. The molecule has 2 aliphatic rings. The van der Waals surface area contributed by atoms with Crippen LogP contribution in [0.3, 0.4) is 0 Å². The predicted octanol–water partition coefficient (Wildman–Crippen LogP) is -0.255. The molecule has 3 atom stereocenters. The average Bonchev–Trinajstić information content (AvgIpc) is 3.04. The number of nitrogens with one attached hydrogen (secondary N) is 1. The van der Waals surface area contributed by atoms with Crippen molar-refractivity contribution in [2.24, 2.45) is 11.7 Å². The number of amides is 2. The summed E-state index contributed by atoms with van der Waals surface area (Å²) in [6.07, 6.45) is 4.06. The zero-order valence-electron chi connectivity index (χ0n) is 11.0. The Kier molecular flexibility index (Phi) is 4.38. The number of hydrogen-bond donors (Lipinski definition) is 2. The Morgan fingerprint density at radius 1 is 1.37 bits per heavy atom. The smallest absolute Gasteiger partial charge is 0.237 e. The van der Waals surface area contributed by atoms with Gasteiger partial charge in [0.25, 0.3) is 0 Å². The molecule has 2 rings (SSSR count). The first-order valence-electron chi connectivity index (χ1n) is 6.83. The molecule has 6 nitrogen and oxygen atoms in total. The van der Waals surface area contributed by atoms with E-state index in [0.717, 1.165) is 25.7 Å². The zero-order chi connectivity index (χ0) is 13.8. The lowest BCUT2D eigenvalue weighted by Gasteiger charge is -2.21. The standard InChI is InChI=1S/C13H20N4O2/c14-7-11-2-1-5-17(11)12(18)8-16-10-4-3-9(6-10)13(15)19/h9-11,16H,1-6,8H2,(H2,15,19). The minimum absolute atomic E-state index is 0.0217. The van der Waals surface area contributed by atoms with Crippen LogP contribution >= 0.6 is 0 Å². The zero-order valence-corrected chi connectivity index (χ0v) is 11.0. The number of carbonyl (C=O) groups is 2. The fraction of sp³-hybridized carbons (Fsp3) is 0.769. The first-order chi connectivity index (χ1) is 9.11. The van der Waals surface area contributed by atoms with Crippen molar-refractivity contribution >= 4 is 11.8 Å². The van der Waals surface area contributed by atoms with Crippen LogP contribution in [0.15, 0.2) is 0 Å². The van der Waals surface area contributed by atoms with Crippen molar-refractivity contribution in [2.75, 3.05) is 13.1 Å². The van der Waals surface area contributed by atoms with Gasteiger partial charge < -0.3 is 16.0 Å². The van der Waals surface area contributed by atoms with Crippen molar-refractivity contribution in [3.05, 3.63) is 0 Å². The van der Waals surface area contributed by atoms with E-state index in [1.54, 1.807) is 4.90 Å². The van der Waals surface area contributed by atoms with Crippen LogP contribution in [0, 0.1) is 17.2 Å². The number of nitrogens with two attached hydrogens (primary N) is 1. The Morgan fingerprint density at radius 2 is 2.16 bits per heavy atom. The van der Waals surface area contributed by atoms with Gasteiger partial charge in [-0.15, -0.1) is 0 Å². The Bertz CT molecular complexity index is 404. The molecule has 0 aromatic heterocycles. The summed E-state index contributed by atoms with van der Waals surface area (Å²) in [5.74, 6) is -0.336. The summed E-state index contributed by atoms with van der Waals surface area (Å²) in [5, 5.41) is 12.1. The molecule has 0 spiro atoms. The van der Waals surface area contributed by atoms with Gasteiger partial charge in [-0.05, 0) is 32.1 Å². The van der Waals surface area contributed by atoms with Crippen LogP contribution in [0.2, 0.25) is 0 Å². The first kappa shape index (κ1) is 13.8. The van der Waals surface area contributed by atoms with E-state index in [9.17, 15) is 9.59 Å². The third kappa shape index (κ3) is 3.24. The molecule has 1 saturated heterocycles. The molecule has 19 heavy (non-hydrogen) atoms. The molecule has 1 aliphatic carbocycles. The van der Waals surface area contributed by atoms with Crippen LogP contribution in [0.4, 0.5) is 0 Å². The summed E-state index contributed by atoms with van der Waals surface area (Å²) in [6.45, 7) is 0.918. The van der Waals surface area contributed by atoms with Crippen LogP contribution in [-0.2, 0) is 9.59 Å². The summed E-state index contributed by atoms with van der Waals surface area (Å²) in [5.41, 5.74) is 5.27. The Hall–Kier alpha value is -1.61. The molecule has 6 heteroatoms. The molecule has 0 radical (unpaired) electrons. The van der Waals surface area contributed by atoms with E-state index < -0.39 is 0 Å². The highest BCUT2D eigenvalue weighted by molar-refractivity contribution is 5.79. The number of carbonyl (C=O) groups excluding carboxylic acids is 2. The van der Waals surface area contributed by atoms with E-state index in [4.69, 9.17) is 11.0 Å². The third-order valence-corrected chi connectivity index (χ3v) is 4.10. The van der Waals surface area contributed by atoms with Gasteiger partial charge in [-0.25, -0.2) is 0 Å². The summed E-state index contributed by atoms with van der Waals surface area (Å²) >= 11 is 0. The summed E-state index contributed by atoms with van der Waals surface area (Å²) in [4.78, 5) is 24.7. The highest BCUT2D eigenvalue weighted by Crippen LogP contribution is 2.25. The third-order valence-electron chi connectivity index (χ3n) is 4.10. The maximum absolute atomic E-state index is 12.0. The quantitative estimate of drug-likeness (QED) is 0.731. The van der Waals surface area contributed by atoms with Crippen molar-refractivity contribution in [3.63, 3.8) is 0 Å². The number of primary amides is 1. The van der Waals surface area contributed by atoms with Gasteiger partial charge in [0.1, 0.15) is 6.04 Å². The molecule has 0 bridgehead atoms. The van der Waals surface area contributed by atoms with Gasteiger partial charge in [-0.3, -0.25) is 9.59 Å². The van der Waals surface area contributed by atoms with Gasteiger partial charge in [-0.1, -0.05) is 0 Å². The largest absolute Gasteiger partial charge is 0.369 e. The van der Waals surface area contributed by atoms with Gasteiger partial charge in [-0.2, -0.15) is 5.26 Å². The van der Waals surface area contributed by atoms with Crippen LogP contribution < -0.4 is 11.1 Å². The average molecular weight is 264 g/mol. The molecule has 0 aromatic rings. The van der Waals surface area contributed by atoms with Crippen molar-refractivity contribution in [1.29, 1.82) is 5.26 Å². The minimum Gasteiger partial charge on any atom is -0.369 e. The fourth-order valence-electron chi connectivity index (χ4n) is 2.96. The number of likely N-dealkylation sites (tertiary alicyclic amines) is 1. The van der Waals surface area contributed by atoms with Crippen molar-refractivity contribution in [3.8, 4) is 6.07 Å². The molecular weight excluding hydrogens is 244 g/mol. The first-order valence-corrected chi connectivity index (χ1v) is 6.83. The molecule has 1 saturated carbocycles. The Labute approximate surface area is 112 Å². The van der Waals surface area contributed by atoms with E-state index >= 15 is 0 Å². The fourth-order valence-corrected chi connectivity index (χ4v) is 2.96. The van der Waals surface area contributed by atoms with Crippen molar-refractivity contribution < 1.29 is 9.59 Å². The molecule has 2 amide bonds. The predicted molar refractivity (Wildman–Crippen MR) is 68.7 cm³/mol. The van der Waals surface area contributed by atoms with E-state index in [1.165, 1.54) is 0 Å². The van der Waals surface area contributed by atoms with Crippen LogP contribution in [0.1, 0.15) is 32.1 Å². The SMILES string of the molecule is N#CC1CCCN1C(=O)CNC1CCC(C(N)=O)C1. The van der Waals surface area contributed by atoms with E-state index in [1.807, 2.05) is 0 Å². The summed E-state index contributed by atoms with van der Waals surface area (Å²) in [7, 11) is 0. The Balaban J connectivity index is 1.76. The van der Waals surface area contributed by atoms with Crippen LogP contribution in [0.5, 0.6) is 0 Å². The molecule has 104 valence electrons. The second-order valence-electron chi connectivity index (χ2n) is 5.36. The molecule has 0 aromatic carbocycles. The van der Waals surface area contributed by atoms with Crippen molar-refractivity contribution in [1.82, 2.24) is 10.2 Å². The monoisotopic (exact) mass is 264 g/mol. The van der Waals surface area contributed by atoms with E-state index in [2.05, 4.69) is 11.4 Å². The molecule has 1 aliphatic heterocycles. The molecule has 1 heterocycles. The highest BCUT2D eigenvalue weighted by atomic mass is 16.2. The van der Waals surface area contributed by atoms with Gasteiger partial charge >= 0.3 is 0 Å². The van der Waals surface area contributed by atoms with Gasteiger partial charge in [0.15, 0.2) is 0 Å². The van der Waals surface area contributed by atoms with Gasteiger partial charge in [0, 0.05) is 18.5 Å². The molecule has 3 N–H and O–H groups in total. The lowest BCUT2D eigenvalue weighted by molar-refractivity contribution is -0.130. The molecule has 2 fully saturated rings. The van der Waals surface area contributed by atoms with E-state index in [0.29, 0.717) is 13.0 Å². The second-order valence-corrected chi connectivity index (χ2v) is 5.36. The number of hydrogen-bond acceptors (Lipinski definition) is 4. The second kappa shape index (κ2) is 6.02. The minimum atomic E-state index is -0.267. The summed E-state index contributed by atoms with van der Waals surface area (Å²) < 4.78 is 0. The number of rotatable bonds is 4.